The van der Waals surface area contributed by atoms with Crippen LogP contribution in [0.25, 0.3) is 0 Å². The predicted octanol–water partition coefficient (Wildman–Crippen LogP) is 3.83. The third-order valence-corrected chi connectivity index (χ3v) is 5.18. The van der Waals surface area contributed by atoms with Crippen LogP contribution in [0, 0.1) is 21.4 Å². The summed E-state index contributed by atoms with van der Waals surface area (Å²) in [6, 6.07) is 12.9. The molecule has 2 aromatic carbocycles. The molecule has 0 radical (unpaired) electrons. The number of nitro groups is 1. The number of non-ortho nitro benzene ring substituents is 1. The quantitative estimate of drug-likeness (QED) is 0.349. The van der Waals surface area contributed by atoms with Gasteiger partial charge < -0.3 is 24.7 Å². The maximum atomic E-state index is 12.7. The predicted molar refractivity (Wildman–Crippen MR) is 120 cm³/mol. The van der Waals surface area contributed by atoms with Crippen molar-refractivity contribution < 1.29 is 28.7 Å². The highest BCUT2D eigenvalue weighted by Gasteiger charge is 2.36. The number of nitro benzene ring substituents is 1. The molecule has 1 heterocycles. The van der Waals surface area contributed by atoms with E-state index in [1.165, 1.54) is 31.4 Å². The molecule has 1 aliphatic rings. The van der Waals surface area contributed by atoms with E-state index in [9.17, 15) is 20.2 Å². The third kappa shape index (κ3) is 4.94. The Kier molecular flexibility index (Phi) is 7.38. The Morgan fingerprint density at radius 2 is 1.97 bits per heavy atom. The lowest BCUT2D eigenvalue weighted by atomic mass is 9.82. The summed E-state index contributed by atoms with van der Waals surface area (Å²) < 4.78 is 21.9. The monoisotopic (exact) mass is 465 g/mol. The van der Waals surface area contributed by atoms with Crippen molar-refractivity contribution in [2.75, 3.05) is 13.7 Å². The molecule has 3 rings (SSSR count). The zero-order valence-corrected chi connectivity index (χ0v) is 18.9. The van der Waals surface area contributed by atoms with Crippen molar-refractivity contribution in [2.24, 2.45) is 5.73 Å². The number of esters is 1. The van der Waals surface area contributed by atoms with E-state index in [4.69, 9.17) is 24.7 Å². The van der Waals surface area contributed by atoms with Crippen molar-refractivity contribution >= 4 is 11.7 Å². The second-order valence-corrected chi connectivity index (χ2v) is 7.23. The third-order valence-electron chi connectivity index (χ3n) is 5.18. The number of rotatable bonds is 8. The molecule has 1 atom stereocenters. The van der Waals surface area contributed by atoms with Crippen LogP contribution in [0.1, 0.15) is 30.9 Å². The van der Waals surface area contributed by atoms with Gasteiger partial charge in [0.1, 0.15) is 35.5 Å². The molecule has 34 heavy (non-hydrogen) atoms. The molecule has 0 bridgehead atoms. The maximum absolute atomic E-state index is 12.7. The van der Waals surface area contributed by atoms with Gasteiger partial charge in [-0.1, -0.05) is 6.07 Å². The Morgan fingerprint density at radius 3 is 2.56 bits per heavy atom. The minimum atomic E-state index is -0.804. The minimum absolute atomic E-state index is 0.0477. The van der Waals surface area contributed by atoms with Gasteiger partial charge in [-0.15, -0.1) is 0 Å². The van der Waals surface area contributed by atoms with E-state index in [-0.39, 0.29) is 41.7 Å². The van der Waals surface area contributed by atoms with Crippen molar-refractivity contribution in [3.63, 3.8) is 0 Å². The molecule has 0 saturated heterocycles. The average molecular weight is 465 g/mol. The van der Waals surface area contributed by atoms with E-state index >= 15 is 0 Å². The average Bonchev–Trinajstić information content (AvgIpc) is 2.82. The molecule has 2 aromatic rings. The highest BCUT2D eigenvalue weighted by atomic mass is 16.6. The van der Waals surface area contributed by atoms with Crippen LogP contribution in [-0.2, 0) is 20.9 Å². The van der Waals surface area contributed by atoms with Crippen LogP contribution in [0.3, 0.4) is 0 Å². The van der Waals surface area contributed by atoms with Gasteiger partial charge in [0.2, 0.25) is 5.88 Å². The second-order valence-electron chi connectivity index (χ2n) is 7.23. The molecule has 10 heteroatoms. The van der Waals surface area contributed by atoms with Crippen LogP contribution >= 0.6 is 0 Å². The lowest BCUT2D eigenvalue weighted by Crippen LogP contribution is -2.25. The molecule has 1 unspecified atom stereocenters. The van der Waals surface area contributed by atoms with Gasteiger partial charge in [0, 0.05) is 17.7 Å². The Hall–Kier alpha value is -4.52. The Bertz CT molecular complexity index is 1210. The van der Waals surface area contributed by atoms with E-state index < -0.39 is 16.8 Å². The number of hydrogen-bond acceptors (Lipinski definition) is 9. The van der Waals surface area contributed by atoms with Crippen molar-refractivity contribution in [3.8, 4) is 17.6 Å². The fraction of sp³-hybridized carbons (Fsp3) is 0.250. The van der Waals surface area contributed by atoms with Crippen molar-refractivity contribution in [3.05, 3.63) is 86.5 Å². The standard InChI is InChI=1S/C24H23N3O7/c1-4-32-24(28)21-14(2)34-23(26)19(12-25)22(21)15-5-10-20(31-3)16(11-15)13-33-18-8-6-17(7-9-18)27(29)30/h5-11,22H,4,13,26H2,1-3H3. The number of nitrogens with two attached hydrogens (primary N) is 1. The second kappa shape index (κ2) is 10.4. The lowest BCUT2D eigenvalue weighted by molar-refractivity contribution is -0.384. The van der Waals surface area contributed by atoms with Crippen LogP contribution in [0.4, 0.5) is 5.69 Å². The lowest BCUT2D eigenvalue weighted by Gasteiger charge is -2.27. The zero-order chi connectivity index (χ0) is 24.8. The first-order valence-corrected chi connectivity index (χ1v) is 10.3. The minimum Gasteiger partial charge on any atom is -0.496 e. The van der Waals surface area contributed by atoms with E-state index in [1.54, 1.807) is 32.0 Å². The van der Waals surface area contributed by atoms with E-state index in [2.05, 4.69) is 0 Å². The first-order valence-electron chi connectivity index (χ1n) is 10.3. The fourth-order valence-electron chi connectivity index (χ4n) is 3.60. The van der Waals surface area contributed by atoms with Crippen LogP contribution in [0.2, 0.25) is 0 Å². The summed E-state index contributed by atoms with van der Waals surface area (Å²) in [7, 11) is 1.51. The number of allylic oxidation sites excluding steroid dienone is 2. The summed E-state index contributed by atoms with van der Waals surface area (Å²) in [6.07, 6.45) is 0. The molecule has 1 aliphatic heterocycles. The van der Waals surface area contributed by atoms with Crippen LogP contribution < -0.4 is 15.2 Å². The van der Waals surface area contributed by atoms with Crippen molar-refractivity contribution in [2.45, 2.75) is 26.4 Å². The van der Waals surface area contributed by atoms with E-state index in [0.29, 0.717) is 22.6 Å². The van der Waals surface area contributed by atoms with Gasteiger partial charge >= 0.3 is 5.97 Å². The van der Waals surface area contributed by atoms with Gasteiger partial charge in [0.25, 0.3) is 5.69 Å². The molecule has 2 N–H and O–H groups in total. The number of nitrogens with zero attached hydrogens (tertiary/aromatic N) is 2. The summed E-state index contributed by atoms with van der Waals surface area (Å²) in [5, 5.41) is 20.6. The number of carbonyl (C=O) groups is 1. The highest BCUT2D eigenvalue weighted by molar-refractivity contribution is 5.92. The van der Waals surface area contributed by atoms with Crippen LogP contribution in [0.15, 0.2) is 65.3 Å². The molecular formula is C24H23N3O7. The first-order chi connectivity index (χ1) is 16.3. The van der Waals surface area contributed by atoms with Gasteiger partial charge in [-0.05, 0) is 43.7 Å². The summed E-state index contributed by atoms with van der Waals surface area (Å²) in [4.78, 5) is 23.1. The molecule has 176 valence electrons. The number of ether oxygens (including phenoxy) is 4. The number of methoxy groups -OCH3 is 1. The normalized spacial score (nSPS) is 15.3. The Morgan fingerprint density at radius 1 is 1.26 bits per heavy atom. The summed E-state index contributed by atoms with van der Waals surface area (Å²) in [5.74, 6) is -0.302. The number of nitriles is 1. The molecule has 0 fully saturated rings. The summed E-state index contributed by atoms with van der Waals surface area (Å²) >= 11 is 0. The topological polar surface area (TPSA) is 147 Å². The Labute approximate surface area is 195 Å². The summed E-state index contributed by atoms with van der Waals surface area (Å²) in [5.41, 5.74) is 7.39. The van der Waals surface area contributed by atoms with Crippen molar-refractivity contribution in [1.29, 1.82) is 5.26 Å². The van der Waals surface area contributed by atoms with Gasteiger partial charge in [-0.2, -0.15) is 5.26 Å². The zero-order valence-electron chi connectivity index (χ0n) is 18.9. The van der Waals surface area contributed by atoms with E-state index in [1.807, 2.05) is 6.07 Å². The van der Waals surface area contributed by atoms with E-state index in [0.717, 1.165) is 0 Å². The molecule has 0 amide bonds. The van der Waals surface area contributed by atoms with Gasteiger partial charge in [0.15, 0.2) is 0 Å². The summed E-state index contributed by atoms with van der Waals surface area (Å²) in [6.45, 7) is 3.49. The molecule has 0 saturated carbocycles. The van der Waals surface area contributed by atoms with Gasteiger partial charge in [-0.3, -0.25) is 10.1 Å². The molecule has 0 aromatic heterocycles. The maximum Gasteiger partial charge on any atom is 0.338 e. The molecule has 0 aliphatic carbocycles. The number of hydrogen-bond donors (Lipinski definition) is 1. The van der Waals surface area contributed by atoms with Crippen LogP contribution in [-0.4, -0.2) is 24.6 Å². The SMILES string of the molecule is CCOC(=O)C1=C(C)OC(N)=C(C#N)C1c1ccc(OC)c(COc2ccc([N+](=O)[O-])cc2)c1. The first kappa shape index (κ1) is 24.1. The highest BCUT2D eigenvalue weighted by Crippen LogP contribution is 2.40. The number of carbonyl (C=O) groups excluding carboxylic acids is 1. The number of benzene rings is 2. The molecule has 10 nitrogen and oxygen atoms in total. The molecule has 0 spiro atoms. The Balaban J connectivity index is 1.98. The fourth-order valence-corrected chi connectivity index (χ4v) is 3.60. The molecular weight excluding hydrogens is 442 g/mol. The largest absolute Gasteiger partial charge is 0.496 e. The smallest absolute Gasteiger partial charge is 0.338 e. The van der Waals surface area contributed by atoms with Gasteiger partial charge in [0.05, 0.1) is 30.1 Å². The van der Waals surface area contributed by atoms with Crippen molar-refractivity contribution in [1.82, 2.24) is 0 Å². The van der Waals surface area contributed by atoms with Crippen LogP contribution in [0.5, 0.6) is 11.5 Å². The van der Waals surface area contributed by atoms with Gasteiger partial charge in [-0.25, -0.2) is 4.79 Å².